The summed E-state index contributed by atoms with van der Waals surface area (Å²) in [5, 5.41) is 19.2. The van der Waals surface area contributed by atoms with Crippen molar-refractivity contribution in [3.05, 3.63) is 29.8 Å². The van der Waals surface area contributed by atoms with Crippen molar-refractivity contribution in [3.8, 4) is 0 Å². The first kappa shape index (κ1) is 13.5. The number of hydrogen-bond donors (Lipinski definition) is 3. The van der Waals surface area contributed by atoms with E-state index in [2.05, 4.69) is 12.6 Å². The lowest BCUT2D eigenvalue weighted by Gasteiger charge is -2.18. The van der Waals surface area contributed by atoms with Crippen LogP contribution in [-0.2, 0) is 9.84 Å². The van der Waals surface area contributed by atoms with E-state index in [0.29, 0.717) is 0 Å². The third kappa shape index (κ3) is 2.98. The molecule has 0 fully saturated rings. The third-order valence-electron chi connectivity index (χ3n) is 2.19. The molecule has 2 N–H and O–H groups in total. The van der Waals surface area contributed by atoms with Crippen LogP contribution in [0.25, 0.3) is 0 Å². The van der Waals surface area contributed by atoms with Gasteiger partial charge in [0.05, 0.1) is 11.0 Å². The van der Waals surface area contributed by atoms with Crippen LogP contribution in [0, 0.1) is 0 Å². The largest absolute Gasteiger partial charge is 0.389 e. The highest BCUT2D eigenvalue weighted by Crippen LogP contribution is 2.25. The Bertz CT molecular complexity index is 456. The topological polar surface area (TPSA) is 74.6 Å². The lowest BCUT2D eigenvalue weighted by atomic mass is 10.1. The van der Waals surface area contributed by atoms with Gasteiger partial charge in [-0.1, -0.05) is 18.2 Å². The van der Waals surface area contributed by atoms with E-state index in [4.69, 9.17) is 0 Å². The molecule has 0 radical (unpaired) electrons. The quantitative estimate of drug-likeness (QED) is 0.687. The van der Waals surface area contributed by atoms with Crippen LogP contribution in [0.15, 0.2) is 29.2 Å². The summed E-state index contributed by atoms with van der Waals surface area (Å²) in [7, 11) is -3.42. The molecule has 16 heavy (non-hydrogen) atoms. The SMILES string of the molecule is CS(=O)(=O)c1ccccc1C(O)C(O)CS. The number of thiol groups is 1. The summed E-state index contributed by atoms with van der Waals surface area (Å²) in [6.45, 7) is 0. The molecule has 0 aliphatic rings. The molecule has 0 aliphatic carbocycles. The van der Waals surface area contributed by atoms with Crippen molar-refractivity contribution < 1.29 is 18.6 Å². The zero-order chi connectivity index (χ0) is 12.3. The van der Waals surface area contributed by atoms with Gasteiger partial charge in [0.25, 0.3) is 0 Å². The number of hydrogen-bond acceptors (Lipinski definition) is 5. The van der Waals surface area contributed by atoms with E-state index >= 15 is 0 Å². The molecule has 0 saturated carbocycles. The Morgan fingerprint density at radius 3 is 2.38 bits per heavy atom. The highest BCUT2D eigenvalue weighted by Gasteiger charge is 2.23. The lowest BCUT2D eigenvalue weighted by molar-refractivity contribution is 0.0320. The van der Waals surface area contributed by atoms with E-state index in [1.807, 2.05) is 0 Å². The first-order chi connectivity index (χ1) is 7.38. The number of aliphatic hydroxyl groups is 2. The first-order valence-corrected chi connectivity index (χ1v) is 7.16. The molecule has 0 spiro atoms. The van der Waals surface area contributed by atoms with Gasteiger partial charge in [0.15, 0.2) is 9.84 Å². The fraction of sp³-hybridized carbons (Fsp3) is 0.400. The Balaban J connectivity index is 3.24. The van der Waals surface area contributed by atoms with Gasteiger partial charge in [-0.15, -0.1) is 0 Å². The van der Waals surface area contributed by atoms with Crippen LogP contribution in [0.5, 0.6) is 0 Å². The van der Waals surface area contributed by atoms with E-state index < -0.39 is 22.0 Å². The van der Waals surface area contributed by atoms with E-state index in [1.54, 1.807) is 12.1 Å². The molecular weight excluding hydrogens is 248 g/mol. The van der Waals surface area contributed by atoms with Crippen LogP contribution in [0.2, 0.25) is 0 Å². The minimum Gasteiger partial charge on any atom is -0.389 e. The van der Waals surface area contributed by atoms with Crippen LogP contribution in [0.4, 0.5) is 0 Å². The van der Waals surface area contributed by atoms with E-state index in [9.17, 15) is 18.6 Å². The average molecular weight is 262 g/mol. The Morgan fingerprint density at radius 2 is 1.88 bits per heavy atom. The van der Waals surface area contributed by atoms with Crippen LogP contribution < -0.4 is 0 Å². The Morgan fingerprint density at radius 1 is 1.31 bits per heavy atom. The lowest BCUT2D eigenvalue weighted by Crippen LogP contribution is -2.21. The molecule has 2 atom stereocenters. The second kappa shape index (κ2) is 5.18. The Hall–Kier alpha value is -0.560. The van der Waals surface area contributed by atoms with E-state index in [1.165, 1.54) is 12.1 Å². The van der Waals surface area contributed by atoms with Gasteiger partial charge in [-0.2, -0.15) is 12.6 Å². The van der Waals surface area contributed by atoms with Crippen molar-refractivity contribution in [2.24, 2.45) is 0 Å². The first-order valence-electron chi connectivity index (χ1n) is 4.64. The molecule has 0 aliphatic heterocycles. The van der Waals surface area contributed by atoms with Gasteiger partial charge in [-0.3, -0.25) is 0 Å². The van der Waals surface area contributed by atoms with Gasteiger partial charge in [0, 0.05) is 17.6 Å². The molecule has 0 bridgehead atoms. The zero-order valence-corrected chi connectivity index (χ0v) is 10.4. The van der Waals surface area contributed by atoms with Gasteiger partial charge >= 0.3 is 0 Å². The minimum atomic E-state index is -3.42. The molecule has 0 saturated heterocycles. The summed E-state index contributed by atoms with van der Waals surface area (Å²) < 4.78 is 22.9. The van der Waals surface area contributed by atoms with Gasteiger partial charge in [-0.25, -0.2) is 8.42 Å². The van der Waals surface area contributed by atoms with Gasteiger partial charge in [0.2, 0.25) is 0 Å². The molecular formula is C10H14O4S2. The highest BCUT2D eigenvalue weighted by molar-refractivity contribution is 7.90. The van der Waals surface area contributed by atoms with E-state index in [-0.39, 0.29) is 16.2 Å². The van der Waals surface area contributed by atoms with Crippen molar-refractivity contribution >= 4 is 22.5 Å². The molecule has 1 rings (SSSR count). The monoisotopic (exact) mass is 262 g/mol. The molecule has 2 unspecified atom stereocenters. The van der Waals surface area contributed by atoms with Crippen LogP contribution in [0.3, 0.4) is 0 Å². The van der Waals surface area contributed by atoms with Gasteiger partial charge < -0.3 is 10.2 Å². The number of benzene rings is 1. The van der Waals surface area contributed by atoms with E-state index in [0.717, 1.165) is 6.26 Å². The maximum atomic E-state index is 11.5. The second-order valence-corrected chi connectivity index (χ2v) is 5.85. The van der Waals surface area contributed by atoms with Crippen molar-refractivity contribution in [2.75, 3.05) is 12.0 Å². The number of aliphatic hydroxyl groups excluding tert-OH is 2. The normalized spacial score (nSPS) is 15.8. The standard InChI is InChI=1S/C10H14O4S2/c1-16(13,14)9-5-3-2-4-7(9)10(12)8(11)6-15/h2-5,8,10-12,15H,6H2,1H3. The molecule has 4 nitrogen and oxygen atoms in total. The summed E-state index contributed by atoms with van der Waals surface area (Å²) in [4.78, 5) is 0.0309. The van der Waals surface area contributed by atoms with Crippen LogP contribution in [-0.4, -0.2) is 36.7 Å². The Labute approximate surface area is 100 Å². The molecule has 1 aromatic carbocycles. The van der Waals surface area contributed by atoms with Crippen molar-refractivity contribution in [3.63, 3.8) is 0 Å². The molecule has 1 aromatic rings. The highest BCUT2D eigenvalue weighted by atomic mass is 32.2. The summed E-state index contributed by atoms with van der Waals surface area (Å²) in [6, 6.07) is 6.06. The predicted molar refractivity (Wildman–Crippen MR) is 64.4 cm³/mol. The van der Waals surface area contributed by atoms with Crippen molar-refractivity contribution in [1.82, 2.24) is 0 Å². The number of rotatable bonds is 4. The molecule has 0 amide bonds. The molecule has 90 valence electrons. The second-order valence-electron chi connectivity index (χ2n) is 3.50. The van der Waals surface area contributed by atoms with Crippen molar-refractivity contribution in [1.29, 1.82) is 0 Å². The molecule has 6 heteroatoms. The van der Waals surface area contributed by atoms with Gasteiger partial charge in [0.1, 0.15) is 6.10 Å². The zero-order valence-electron chi connectivity index (χ0n) is 8.74. The summed E-state index contributed by atoms with van der Waals surface area (Å²) in [5.74, 6) is 0.0548. The van der Waals surface area contributed by atoms with Gasteiger partial charge in [-0.05, 0) is 6.07 Å². The van der Waals surface area contributed by atoms with Crippen LogP contribution in [0.1, 0.15) is 11.7 Å². The maximum absolute atomic E-state index is 11.5. The maximum Gasteiger partial charge on any atom is 0.175 e. The third-order valence-corrected chi connectivity index (χ3v) is 3.73. The smallest absolute Gasteiger partial charge is 0.175 e. The Kier molecular flexibility index (Phi) is 4.37. The van der Waals surface area contributed by atoms with Crippen LogP contribution >= 0.6 is 12.6 Å². The predicted octanol–water partition coefficient (Wildman–Crippen LogP) is 0.414. The fourth-order valence-corrected chi connectivity index (χ4v) is 2.51. The average Bonchev–Trinajstić information content (AvgIpc) is 2.26. The fourth-order valence-electron chi connectivity index (χ4n) is 1.37. The molecule has 0 heterocycles. The van der Waals surface area contributed by atoms with Crippen molar-refractivity contribution in [2.45, 2.75) is 17.1 Å². The summed E-state index contributed by atoms with van der Waals surface area (Å²) >= 11 is 3.85. The molecule has 0 aromatic heterocycles. The summed E-state index contributed by atoms with van der Waals surface area (Å²) in [5.41, 5.74) is 0.201. The number of sulfone groups is 1. The minimum absolute atomic E-state index is 0.0309. The summed E-state index contributed by atoms with van der Waals surface area (Å²) in [6.07, 6.45) is -1.28.